The third-order valence-corrected chi connectivity index (χ3v) is 2.86. The van der Waals surface area contributed by atoms with Crippen molar-refractivity contribution in [3.05, 3.63) is 52.2 Å². The number of hydrogen-bond donors (Lipinski definition) is 1. The molecule has 0 unspecified atom stereocenters. The fourth-order valence-corrected chi connectivity index (χ4v) is 1.73. The maximum Gasteiger partial charge on any atom is 0.311 e. The van der Waals surface area contributed by atoms with Crippen molar-refractivity contribution in [2.45, 2.75) is 13.0 Å². The van der Waals surface area contributed by atoms with Gasteiger partial charge in [-0.15, -0.1) is 0 Å². The normalized spacial score (nSPS) is 11.8. The second kappa shape index (κ2) is 6.19. The molecule has 1 heterocycles. The van der Waals surface area contributed by atoms with Crippen LogP contribution in [0.15, 0.2) is 36.5 Å². The summed E-state index contributed by atoms with van der Waals surface area (Å²) >= 11 is 0. The second-order valence-corrected chi connectivity index (χ2v) is 4.41. The third kappa shape index (κ3) is 3.46. The molecule has 1 aromatic carbocycles. The number of ether oxygens (including phenoxy) is 2. The molecule has 0 aliphatic rings. The van der Waals surface area contributed by atoms with Crippen LogP contribution >= 0.6 is 0 Å². The summed E-state index contributed by atoms with van der Waals surface area (Å²) in [7, 11) is 1.47. The van der Waals surface area contributed by atoms with Crippen LogP contribution in [0.25, 0.3) is 0 Å². The minimum atomic E-state index is -0.524. The van der Waals surface area contributed by atoms with Crippen molar-refractivity contribution in [3.63, 3.8) is 0 Å². The molecule has 7 nitrogen and oxygen atoms in total. The minimum absolute atomic E-state index is 0.0636. The number of methoxy groups -OCH3 is 1. The number of benzene rings is 1. The molecule has 0 saturated carbocycles. The largest absolute Gasteiger partial charge is 0.497 e. The Morgan fingerprint density at radius 1 is 1.33 bits per heavy atom. The maximum atomic E-state index is 11.0. The van der Waals surface area contributed by atoms with Gasteiger partial charge in [0.1, 0.15) is 5.75 Å². The van der Waals surface area contributed by atoms with Crippen LogP contribution in [-0.2, 0) is 0 Å². The van der Waals surface area contributed by atoms with Crippen molar-refractivity contribution < 1.29 is 14.4 Å². The van der Waals surface area contributed by atoms with Crippen LogP contribution < -0.4 is 15.2 Å². The number of nitro groups is 1. The Balaban J connectivity index is 2.38. The molecule has 0 spiro atoms. The van der Waals surface area contributed by atoms with Crippen molar-refractivity contribution in [1.82, 2.24) is 4.98 Å². The zero-order valence-corrected chi connectivity index (χ0v) is 11.6. The molecule has 0 aliphatic heterocycles. The second-order valence-electron chi connectivity index (χ2n) is 4.41. The smallest absolute Gasteiger partial charge is 0.311 e. The SMILES string of the molecule is COc1ccc([N+](=O)[O-])c(Oc2cc([C@H](C)N)ccn2)c1. The predicted molar refractivity (Wildman–Crippen MR) is 76.6 cm³/mol. The Labute approximate surface area is 121 Å². The van der Waals surface area contributed by atoms with Crippen LogP contribution in [-0.4, -0.2) is 17.0 Å². The number of nitrogens with zero attached hydrogens (tertiary/aromatic N) is 2. The zero-order valence-electron chi connectivity index (χ0n) is 11.6. The van der Waals surface area contributed by atoms with E-state index in [0.717, 1.165) is 5.56 Å². The number of nitrogens with two attached hydrogens (primary N) is 1. The van der Waals surface area contributed by atoms with Gasteiger partial charge in [-0.3, -0.25) is 10.1 Å². The highest BCUT2D eigenvalue weighted by Crippen LogP contribution is 2.34. The van der Waals surface area contributed by atoms with E-state index < -0.39 is 4.92 Å². The van der Waals surface area contributed by atoms with Crippen molar-refractivity contribution in [2.24, 2.45) is 5.73 Å². The predicted octanol–water partition coefficient (Wildman–Crippen LogP) is 2.81. The van der Waals surface area contributed by atoms with Gasteiger partial charge < -0.3 is 15.2 Å². The summed E-state index contributed by atoms with van der Waals surface area (Å²) in [5.41, 5.74) is 6.45. The molecule has 1 aromatic heterocycles. The van der Waals surface area contributed by atoms with Crippen LogP contribution in [0.3, 0.4) is 0 Å². The Bertz CT molecular complexity index is 658. The average Bonchev–Trinajstić information content (AvgIpc) is 2.47. The van der Waals surface area contributed by atoms with Crippen LogP contribution in [0.4, 0.5) is 5.69 Å². The van der Waals surface area contributed by atoms with Crippen LogP contribution in [0.5, 0.6) is 17.4 Å². The van der Waals surface area contributed by atoms with E-state index in [1.54, 1.807) is 18.3 Å². The van der Waals surface area contributed by atoms with Gasteiger partial charge in [-0.1, -0.05) is 0 Å². The summed E-state index contributed by atoms with van der Waals surface area (Å²) in [5, 5.41) is 11.0. The molecule has 21 heavy (non-hydrogen) atoms. The monoisotopic (exact) mass is 289 g/mol. The van der Waals surface area contributed by atoms with E-state index in [4.69, 9.17) is 15.2 Å². The Morgan fingerprint density at radius 2 is 2.10 bits per heavy atom. The van der Waals surface area contributed by atoms with Gasteiger partial charge in [0.05, 0.1) is 12.0 Å². The van der Waals surface area contributed by atoms with E-state index in [-0.39, 0.29) is 23.4 Å². The fourth-order valence-electron chi connectivity index (χ4n) is 1.73. The molecule has 7 heteroatoms. The summed E-state index contributed by atoms with van der Waals surface area (Å²) in [6.07, 6.45) is 1.54. The lowest BCUT2D eigenvalue weighted by Gasteiger charge is -2.09. The highest BCUT2D eigenvalue weighted by molar-refractivity contribution is 5.52. The topological polar surface area (TPSA) is 101 Å². The first-order valence-corrected chi connectivity index (χ1v) is 6.23. The first-order chi connectivity index (χ1) is 10.0. The van der Waals surface area contributed by atoms with Crippen molar-refractivity contribution in [2.75, 3.05) is 7.11 Å². The maximum absolute atomic E-state index is 11.0. The number of hydrogen-bond acceptors (Lipinski definition) is 6. The Hall–Kier alpha value is -2.67. The molecule has 2 aromatic rings. The summed E-state index contributed by atoms with van der Waals surface area (Å²) in [6.45, 7) is 1.83. The van der Waals surface area contributed by atoms with Gasteiger partial charge in [0, 0.05) is 30.4 Å². The van der Waals surface area contributed by atoms with Crippen LogP contribution in [0.2, 0.25) is 0 Å². The van der Waals surface area contributed by atoms with Gasteiger partial charge in [-0.2, -0.15) is 0 Å². The first-order valence-electron chi connectivity index (χ1n) is 6.23. The zero-order chi connectivity index (χ0) is 15.4. The average molecular weight is 289 g/mol. The standard InChI is InChI=1S/C14H15N3O4/c1-9(15)10-5-6-16-14(7-10)21-13-8-11(20-2)3-4-12(13)17(18)19/h3-9H,15H2,1-2H3/t9-/m0/s1. The van der Waals surface area contributed by atoms with Gasteiger partial charge in [-0.25, -0.2) is 4.98 Å². The van der Waals surface area contributed by atoms with Gasteiger partial charge in [-0.05, 0) is 24.6 Å². The Kier molecular flexibility index (Phi) is 4.34. The molecular weight excluding hydrogens is 274 g/mol. The number of aromatic nitrogens is 1. The number of nitro benzene ring substituents is 1. The highest BCUT2D eigenvalue weighted by atomic mass is 16.6. The van der Waals surface area contributed by atoms with Gasteiger partial charge in [0.15, 0.2) is 0 Å². The summed E-state index contributed by atoms with van der Waals surface area (Å²) in [5.74, 6) is 0.758. The van der Waals surface area contributed by atoms with E-state index in [1.165, 1.54) is 25.3 Å². The number of rotatable bonds is 5. The number of pyridine rings is 1. The van der Waals surface area contributed by atoms with Crippen LogP contribution in [0, 0.1) is 10.1 Å². The van der Waals surface area contributed by atoms with Gasteiger partial charge in [0.25, 0.3) is 0 Å². The molecule has 0 aliphatic carbocycles. The van der Waals surface area contributed by atoms with E-state index >= 15 is 0 Å². The lowest BCUT2D eigenvalue weighted by molar-refractivity contribution is -0.385. The van der Waals surface area contributed by atoms with E-state index in [1.807, 2.05) is 6.92 Å². The molecule has 2 N–H and O–H groups in total. The quantitative estimate of drug-likeness (QED) is 0.671. The van der Waals surface area contributed by atoms with E-state index in [0.29, 0.717) is 5.75 Å². The van der Waals surface area contributed by atoms with Gasteiger partial charge >= 0.3 is 5.69 Å². The minimum Gasteiger partial charge on any atom is -0.497 e. The molecule has 0 amide bonds. The first kappa shape index (κ1) is 14.7. The molecule has 110 valence electrons. The van der Waals surface area contributed by atoms with Crippen LogP contribution in [0.1, 0.15) is 18.5 Å². The molecule has 0 radical (unpaired) electrons. The van der Waals surface area contributed by atoms with Crippen molar-refractivity contribution in [1.29, 1.82) is 0 Å². The lowest BCUT2D eigenvalue weighted by Crippen LogP contribution is -2.05. The Morgan fingerprint density at radius 3 is 2.71 bits per heavy atom. The molecule has 2 rings (SSSR count). The van der Waals surface area contributed by atoms with Crippen molar-refractivity contribution >= 4 is 5.69 Å². The molecule has 0 saturated heterocycles. The summed E-state index contributed by atoms with van der Waals surface area (Å²) in [6, 6.07) is 7.49. The summed E-state index contributed by atoms with van der Waals surface area (Å²) in [4.78, 5) is 14.5. The lowest BCUT2D eigenvalue weighted by atomic mass is 10.1. The van der Waals surface area contributed by atoms with Gasteiger partial charge in [0.2, 0.25) is 11.6 Å². The van der Waals surface area contributed by atoms with E-state index in [2.05, 4.69) is 4.98 Å². The molecule has 0 bridgehead atoms. The van der Waals surface area contributed by atoms with Crippen molar-refractivity contribution in [3.8, 4) is 17.4 Å². The molecular formula is C14H15N3O4. The molecule has 0 fully saturated rings. The summed E-state index contributed by atoms with van der Waals surface area (Å²) < 4.78 is 10.6. The highest BCUT2D eigenvalue weighted by Gasteiger charge is 2.17. The fraction of sp³-hybridized carbons (Fsp3) is 0.214. The van der Waals surface area contributed by atoms with E-state index in [9.17, 15) is 10.1 Å². The third-order valence-electron chi connectivity index (χ3n) is 2.86. The molecule has 1 atom stereocenters.